The van der Waals surface area contributed by atoms with Gasteiger partial charge in [-0.15, -0.1) is 0 Å². The molecule has 1 saturated heterocycles. The lowest BCUT2D eigenvalue weighted by Crippen LogP contribution is -2.32. The quantitative estimate of drug-likeness (QED) is 0.830. The molecule has 0 bridgehead atoms. The second kappa shape index (κ2) is 8.16. The molecule has 3 rings (SSSR count). The molecule has 6 heteroatoms. The maximum absolute atomic E-state index is 11.4. The molecule has 0 unspecified atom stereocenters. The summed E-state index contributed by atoms with van der Waals surface area (Å²) in [5.74, 6) is 0.658. The molecule has 0 saturated carbocycles. The van der Waals surface area contributed by atoms with Crippen LogP contribution in [0.15, 0.2) is 40.9 Å². The van der Waals surface area contributed by atoms with Gasteiger partial charge in [-0.1, -0.05) is 42.4 Å². The van der Waals surface area contributed by atoms with Gasteiger partial charge >= 0.3 is 6.09 Å². The first-order chi connectivity index (χ1) is 12.2. The molecule has 0 spiro atoms. The first kappa shape index (κ1) is 17.5. The highest BCUT2D eigenvalue weighted by atomic mass is 16.6. The topological polar surface area (TPSA) is 81.6 Å². The Labute approximate surface area is 147 Å². The third kappa shape index (κ3) is 4.39. The number of nitrogens with two attached hydrogens (primary N) is 1. The van der Waals surface area contributed by atoms with Crippen molar-refractivity contribution in [2.45, 2.75) is 32.3 Å². The summed E-state index contributed by atoms with van der Waals surface area (Å²) in [7, 11) is 0. The number of nitrogens with zero attached hydrogens (tertiary/aromatic N) is 2. The third-order valence-electron chi connectivity index (χ3n) is 4.77. The summed E-state index contributed by atoms with van der Waals surface area (Å²) in [5, 5.41) is 4.14. The predicted molar refractivity (Wildman–Crippen MR) is 94.8 cm³/mol. The van der Waals surface area contributed by atoms with Crippen LogP contribution in [0.3, 0.4) is 0 Å². The molecule has 1 aliphatic rings. The smallest absolute Gasteiger partial charge is 0.405 e. The number of amides is 1. The van der Waals surface area contributed by atoms with Crippen molar-refractivity contribution in [3.05, 3.63) is 42.2 Å². The van der Waals surface area contributed by atoms with E-state index in [1.807, 2.05) is 36.4 Å². The van der Waals surface area contributed by atoms with Gasteiger partial charge in [0, 0.05) is 24.1 Å². The summed E-state index contributed by atoms with van der Waals surface area (Å²) in [4.78, 5) is 13.8. The zero-order valence-corrected chi connectivity index (χ0v) is 14.6. The van der Waals surface area contributed by atoms with Crippen molar-refractivity contribution in [3.8, 4) is 11.3 Å². The normalized spacial score (nSPS) is 17.3. The lowest BCUT2D eigenvalue weighted by atomic mass is 9.96. The van der Waals surface area contributed by atoms with Crippen LogP contribution < -0.4 is 5.73 Å². The van der Waals surface area contributed by atoms with E-state index < -0.39 is 12.2 Å². The number of hydrogen-bond donors (Lipinski definition) is 1. The fourth-order valence-corrected chi connectivity index (χ4v) is 3.42. The van der Waals surface area contributed by atoms with E-state index in [9.17, 15) is 4.79 Å². The molecule has 2 N–H and O–H groups in total. The van der Waals surface area contributed by atoms with Crippen molar-refractivity contribution < 1.29 is 14.1 Å². The van der Waals surface area contributed by atoms with Crippen LogP contribution in [0.5, 0.6) is 0 Å². The van der Waals surface area contributed by atoms with Crippen LogP contribution in [0.2, 0.25) is 0 Å². The molecule has 1 aromatic carbocycles. The molecule has 6 nitrogen and oxygen atoms in total. The van der Waals surface area contributed by atoms with Crippen LogP contribution in [-0.4, -0.2) is 35.8 Å². The summed E-state index contributed by atoms with van der Waals surface area (Å²) in [6.07, 6.45) is 1.99. The molecule has 2 atom stereocenters. The predicted octanol–water partition coefficient (Wildman–Crippen LogP) is 3.60. The Kier molecular flexibility index (Phi) is 5.71. The monoisotopic (exact) mass is 343 g/mol. The minimum absolute atomic E-state index is 0.113. The molecule has 0 radical (unpaired) electrons. The van der Waals surface area contributed by atoms with Crippen LogP contribution >= 0.6 is 0 Å². The molecule has 25 heavy (non-hydrogen) atoms. The lowest BCUT2D eigenvalue weighted by molar-refractivity contribution is 0.0354. The number of hydrogen-bond acceptors (Lipinski definition) is 5. The van der Waals surface area contributed by atoms with Gasteiger partial charge in [0.15, 0.2) is 11.9 Å². The van der Waals surface area contributed by atoms with Gasteiger partial charge in [-0.2, -0.15) is 0 Å². The summed E-state index contributed by atoms with van der Waals surface area (Å²) >= 11 is 0. The molecular formula is C19H25N3O3. The van der Waals surface area contributed by atoms with Crippen LogP contribution in [0.4, 0.5) is 4.79 Å². The van der Waals surface area contributed by atoms with E-state index in [1.54, 1.807) is 0 Å². The first-order valence-corrected chi connectivity index (χ1v) is 8.88. The highest BCUT2D eigenvalue weighted by molar-refractivity contribution is 5.65. The number of rotatable bonds is 7. The van der Waals surface area contributed by atoms with Crippen LogP contribution in [0.25, 0.3) is 11.3 Å². The van der Waals surface area contributed by atoms with E-state index >= 15 is 0 Å². The van der Waals surface area contributed by atoms with Crippen molar-refractivity contribution in [2.75, 3.05) is 19.6 Å². The summed E-state index contributed by atoms with van der Waals surface area (Å²) in [6.45, 7) is 5.12. The molecule has 2 heterocycles. The lowest BCUT2D eigenvalue weighted by Gasteiger charge is -2.27. The fourth-order valence-electron chi connectivity index (χ4n) is 3.42. The van der Waals surface area contributed by atoms with E-state index in [2.05, 4.69) is 17.0 Å². The highest BCUT2D eigenvalue weighted by Crippen LogP contribution is 2.32. The SMILES string of the molecule is CC[C@H](CN1CCCC1)[C@H](OC(N)=O)c1cc(-c2ccccc2)no1. The average Bonchev–Trinajstić information content (AvgIpc) is 3.30. The summed E-state index contributed by atoms with van der Waals surface area (Å²) < 4.78 is 11.0. The number of ether oxygens (including phenoxy) is 1. The van der Waals surface area contributed by atoms with Gasteiger partial charge in [-0.25, -0.2) is 4.79 Å². The van der Waals surface area contributed by atoms with Gasteiger partial charge in [0.25, 0.3) is 0 Å². The minimum atomic E-state index is -0.789. The number of carbonyl (C=O) groups is 1. The molecule has 2 aromatic rings. The number of primary amides is 1. The van der Waals surface area contributed by atoms with Crippen LogP contribution in [0.1, 0.15) is 38.1 Å². The van der Waals surface area contributed by atoms with Gasteiger partial charge in [-0.05, 0) is 32.4 Å². The standard InChI is InChI=1S/C19H25N3O3/c1-2-14(13-22-10-6-7-11-22)18(24-19(20)23)17-12-16(21-25-17)15-8-4-3-5-9-15/h3-5,8-9,12,14,18H,2,6-7,10-11,13H2,1H3,(H2,20,23)/t14-,18+/m1/s1. The van der Waals surface area contributed by atoms with Gasteiger partial charge < -0.3 is 19.9 Å². The maximum atomic E-state index is 11.4. The molecule has 0 aliphatic carbocycles. The van der Waals surface area contributed by atoms with E-state index in [0.29, 0.717) is 5.76 Å². The Morgan fingerprint density at radius 1 is 1.32 bits per heavy atom. The van der Waals surface area contributed by atoms with Crippen molar-refractivity contribution in [3.63, 3.8) is 0 Å². The Hall–Kier alpha value is -2.34. The van der Waals surface area contributed by atoms with Gasteiger partial charge in [-0.3, -0.25) is 0 Å². The molecule has 1 aromatic heterocycles. The van der Waals surface area contributed by atoms with Crippen molar-refractivity contribution in [1.82, 2.24) is 10.1 Å². The molecule has 1 aliphatic heterocycles. The maximum Gasteiger partial charge on any atom is 0.405 e. The number of likely N-dealkylation sites (tertiary alicyclic amines) is 1. The minimum Gasteiger partial charge on any atom is -0.438 e. The molecule has 1 fully saturated rings. The van der Waals surface area contributed by atoms with Crippen molar-refractivity contribution >= 4 is 6.09 Å². The van der Waals surface area contributed by atoms with Crippen LogP contribution in [-0.2, 0) is 4.74 Å². The molecular weight excluding hydrogens is 318 g/mol. The summed E-state index contributed by atoms with van der Waals surface area (Å²) in [6, 6.07) is 11.6. The third-order valence-corrected chi connectivity index (χ3v) is 4.77. The highest BCUT2D eigenvalue weighted by Gasteiger charge is 2.31. The van der Waals surface area contributed by atoms with Gasteiger partial charge in [0.2, 0.25) is 0 Å². The van der Waals surface area contributed by atoms with Crippen LogP contribution in [0, 0.1) is 5.92 Å². The van der Waals surface area contributed by atoms with E-state index in [-0.39, 0.29) is 5.92 Å². The van der Waals surface area contributed by atoms with Crippen molar-refractivity contribution in [2.24, 2.45) is 11.7 Å². The molecule has 1 amide bonds. The second-order valence-electron chi connectivity index (χ2n) is 6.51. The number of aromatic nitrogens is 1. The Bertz CT molecular complexity index is 680. The van der Waals surface area contributed by atoms with E-state index in [1.165, 1.54) is 12.8 Å². The second-order valence-corrected chi connectivity index (χ2v) is 6.51. The van der Waals surface area contributed by atoms with E-state index in [4.69, 9.17) is 15.0 Å². The fraction of sp³-hybridized carbons (Fsp3) is 0.474. The van der Waals surface area contributed by atoms with Gasteiger partial charge in [0.05, 0.1) is 0 Å². The van der Waals surface area contributed by atoms with Gasteiger partial charge in [0.1, 0.15) is 5.69 Å². The average molecular weight is 343 g/mol. The van der Waals surface area contributed by atoms with E-state index in [0.717, 1.165) is 37.3 Å². The number of benzene rings is 1. The Balaban J connectivity index is 1.81. The largest absolute Gasteiger partial charge is 0.438 e. The Morgan fingerprint density at radius 3 is 2.68 bits per heavy atom. The van der Waals surface area contributed by atoms with Crippen molar-refractivity contribution in [1.29, 1.82) is 0 Å². The Morgan fingerprint density at radius 2 is 2.04 bits per heavy atom. The zero-order valence-electron chi connectivity index (χ0n) is 14.6. The number of carbonyl (C=O) groups excluding carboxylic acids is 1. The zero-order chi connectivity index (χ0) is 17.6. The summed E-state index contributed by atoms with van der Waals surface area (Å²) in [5.41, 5.74) is 7.00. The molecule has 134 valence electrons. The first-order valence-electron chi connectivity index (χ1n) is 8.88.